The van der Waals surface area contributed by atoms with Crippen LogP contribution in [0.15, 0.2) is 48.5 Å². The van der Waals surface area contributed by atoms with Crippen LogP contribution in [0.1, 0.15) is 31.0 Å². The number of carbonyl (C=O) groups is 1. The molecule has 128 valence electrons. The molecule has 0 saturated carbocycles. The lowest BCUT2D eigenvalue weighted by atomic mass is 10.1. The lowest BCUT2D eigenvalue weighted by molar-refractivity contribution is -0.123. The second kappa shape index (κ2) is 8.81. The Morgan fingerprint density at radius 3 is 2.67 bits per heavy atom. The molecule has 1 amide bonds. The Bertz CT molecular complexity index is 693. The lowest BCUT2D eigenvalue weighted by Crippen LogP contribution is -2.38. The van der Waals surface area contributed by atoms with Gasteiger partial charge in [0.1, 0.15) is 5.82 Å². The van der Waals surface area contributed by atoms with E-state index in [4.69, 9.17) is 11.6 Å². The summed E-state index contributed by atoms with van der Waals surface area (Å²) in [5.41, 5.74) is 1.74. The monoisotopic (exact) mass is 348 g/mol. The van der Waals surface area contributed by atoms with E-state index in [1.165, 1.54) is 12.1 Å². The number of hydrogen-bond donors (Lipinski definition) is 1. The molecule has 24 heavy (non-hydrogen) atoms. The number of nitrogens with one attached hydrogen (secondary N) is 1. The van der Waals surface area contributed by atoms with Crippen molar-refractivity contribution < 1.29 is 9.18 Å². The number of amides is 1. The van der Waals surface area contributed by atoms with E-state index in [1.54, 1.807) is 6.07 Å². The topological polar surface area (TPSA) is 32.3 Å². The second-order valence-electron chi connectivity index (χ2n) is 5.74. The smallest absolute Gasteiger partial charge is 0.234 e. The molecule has 0 bridgehead atoms. The predicted molar refractivity (Wildman–Crippen MR) is 95.4 cm³/mol. The zero-order chi connectivity index (χ0) is 17.5. The summed E-state index contributed by atoms with van der Waals surface area (Å²) in [5, 5.41) is 3.60. The van der Waals surface area contributed by atoms with Crippen molar-refractivity contribution in [3.63, 3.8) is 0 Å². The average molecular weight is 349 g/mol. The molecule has 0 radical (unpaired) electrons. The molecule has 1 unspecified atom stereocenters. The summed E-state index contributed by atoms with van der Waals surface area (Å²) >= 11 is 6.16. The highest BCUT2D eigenvalue weighted by Gasteiger charge is 2.15. The zero-order valence-electron chi connectivity index (χ0n) is 13.9. The van der Waals surface area contributed by atoms with Crippen LogP contribution in [-0.2, 0) is 11.3 Å². The zero-order valence-corrected chi connectivity index (χ0v) is 14.7. The minimum absolute atomic E-state index is 0.0827. The molecule has 1 atom stereocenters. The quantitative estimate of drug-likeness (QED) is 0.814. The van der Waals surface area contributed by atoms with Gasteiger partial charge in [-0.1, -0.05) is 48.9 Å². The van der Waals surface area contributed by atoms with Crippen LogP contribution in [0.5, 0.6) is 0 Å². The number of likely N-dealkylation sites (N-methyl/N-ethyl adjacent to an activating group) is 1. The van der Waals surface area contributed by atoms with Crippen LogP contribution in [0.3, 0.4) is 0 Å². The fraction of sp³-hybridized carbons (Fsp3) is 0.316. The van der Waals surface area contributed by atoms with Gasteiger partial charge in [-0.25, -0.2) is 4.39 Å². The Kier molecular flexibility index (Phi) is 6.76. The van der Waals surface area contributed by atoms with Crippen molar-refractivity contribution in [1.29, 1.82) is 0 Å². The maximum absolute atomic E-state index is 13.3. The van der Waals surface area contributed by atoms with Crippen LogP contribution in [-0.4, -0.2) is 23.9 Å². The largest absolute Gasteiger partial charge is 0.348 e. The lowest BCUT2D eigenvalue weighted by Gasteiger charge is -2.22. The van der Waals surface area contributed by atoms with Crippen molar-refractivity contribution in [1.82, 2.24) is 10.2 Å². The van der Waals surface area contributed by atoms with E-state index in [0.29, 0.717) is 18.1 Å². The first-order chi connectivity index (χ1) is 11.5. The first kappa shape index (κ1) is 18.4. The van der Waals surface area contributed by atoms with E-state index in [2.05, 4.69) is 5.32 Å². The predicted octanol–water partition coefficient (Wildman–Crippen LogP) is 4.18. The highest BCUT2D eigenvalue weighted by atomic mass is 35.5. The van der Waals surface area contributed by atoms with E-state index >= 15 is 0 Å². The molecule has 0 spiro atoms. The molecule has 0 aliphatic rings. The van der Waals surface area contributed by atoms with E-state index in [-0.39, 0.29) is 24.3 Å². The molecule has 2 rings (SSSR count). The first-order valence-corrected chi connectivity index (χ1v) is 8.38. The maximum Gasteiger partial charge on any atom is 0.234 e. The van der Waals surface area contributed by atoms with Gasteiger partial charge in [0.25, 0.3) is 0 Å². The Hall–Kier alpha value is -1.91. The second-order valence-corrected chi connectivity index (χ2v) is 6.15. The van der Waals surface area contributed by atoms with Crippen LogP contribution in [0.4, 0.5) is 4.39 Å². The first-order valence-electron chi connectivity index (χ1n) is 8.00. The molecule has 0 fully saturated rings. The van der Waals surface area contributed by atoms with Crippen molar-refractivity contribution in [3.05, 3.63) is 70.5 Å². The Balaban J connectivity index is 1.93. The Morgan fingerprint density at radius 1 is 1.25 bits per heavy atom. The van der Waals surface area contributed by atoms with Gasteiger partial charge in [-0.2, -0.15) is 0 Å². The van der Waals surface area contributed by atoms with Crippen molar-refractivity contribution >= 4 is 17.5 Å². The fourth-order valence-electron chi connectivity index (χ4n) is 2.57. The van der Waals surface area contributed by atoms with Crippen LogP contribution in [0.2, 0.25) is 5.02 Å². The van der Waals surface area contributed by atoms with E-state index in [0.717, 1.165) is 11.1 Å². The Labute approximate surface area is 147 Å². The Morgan fingerprint density at radius 2 is 2.00 bits per heavy atom. The van der Waals surface area contributed by atoms with Gasteiger partial charge in [-0.15, -0.1) is 0 Å². The normalized spacial score (nSPS) is 12.2. The van der Waals surface area contributed by atoms with Crippen LogP contribution < -0.4 is 5.32 Å². The standard InChI is InChI=1S/C19H22ClFN2O/c1-3-23(12-15-7-6-8-16(21)11-15)13-19(24)22-14(2)17-9-4-5-10-18(17)20/h4-11,14H,3,12-13H2,1-2H3,(H,22,24). The number of rotatable bonds is 7. The van der Waals surface area contributed by atoms with Crippen LogP contribution >= 0.6 is 11.6 Å². The number of benzene rings is 2. The number of hydrogen-bond acceptors (Lipinski definition) is 2. The fourth-order valence-corrected chi connectivity index (χ4v) is 2.87. The third kappa shape index (κ3) is 5.32. The van der Waals surface area contributed by atoms with Gasteiger partial charge in [0.15, 0.2) is 0 Å². The molecule has 2 aromatic carbocycles. The summed E-state index contributed by atoms with van der Waals surface area (Å²) in [5.74, 6) is -0.346. The molecule has 1 N–H and O–H groups in total. The van der Waals surface area contributed by atoms with Gasteiger partial charge in [0.05, 0.1) is 12.6 Å². The van der Waals surface area contributed by atoms with Gasteiger partial charge in [0, 0.05) is 11.6 Å². The average Bonchev–Trinajstić information content (AvgIpc) is 2.54. The molecular formula is C19H22ClFN2O. The summed E-state index contributed by atoms with van der Waals surface area (Å²) in [6.45, 7) is 5.36. The molecule has 0 heterocycles. The summed E-state index contributed by atoms with van der Waals surface area (Å²) in [6, 6.07) is 13.7. The number of carbonyl (C=O) groups excluding carboxylic acids is 1. The number of halogens is 2. The van der Waals surface area contributed by atoms with Crippen molar-refractivity contribution in [2.24, 2.45) is 0 Å². The molecule has 2 aromatic rings. The highest BCUT2D eigenvalue weighted by molar-refractivity contribution is 6.31. The SMILES string of the molecule is CCN(CC(=O)NC(C)c1ccccc1Cl)Cc1cccc(F)c1. The van der Waals surface area contributed by atoms with E-state index < -0.39 is 0 Å². The minimum Gasteiger partial charge on any atom is -0.348 e. The van der Waals surface area contributed by atoms with Crippen LogP contribution in [0.25, 0.3) is 0 Å². The van der Waals surface area contributed by atoms with E-state index in [1.807, 2.05) is 49.1 Å². The van der Waals surface area contributed by atoms with Crippen molar-refractivity contribution in [3.8, 4) is 0 Å². The molecule has 5 heteroatoms. The minimum atomic E-state index is -0.264. The molecule has 0 aliphatic carbocycles. The molecule has 3 nitrogen and oxygen atoms in total. The third-order valence-corrected chi connectivity index (χ3v) is 4.20. The van der Waals surface area contributed by atoms with Gasteiger partial charge >= 0.3 is 0 Å². The van der Waals surface area contributed by atoms with E-state index in [9.17, 15) is 9.18 Å². The van der Waals surface area contributed by atoms with Gasteiger partial charge in [-0.3, -0.25) is 9.69 Å². The molecule has 0 aliphatic heterocycles. The van der Waals surface area contributed by atoms with Gasteiger partial charge in [0.2, 0.25) is 5.91 Å². The van der Waals surface area contributed by atoms with Crippen molar-refractivity contribution in [2.75, 3.05) is 13.1 Å². The van der Waals surface area contributed by atoms with Gasteiger partial charge in [-0.05, 0) is 42.8 Å². The summed E-state index contributed by atoms with van der Waals surface area (Å²) < 4.78 is 13.3. The van der Waals surface area contributed by atoms with Crippen molar-refractivity contribution in [2.45, 2.75) is 26.4 Å². The number of nitrogens with zero attached hydrogens (tertiary/aromatic N) is 1. The van der Waals surface area contributed by atoms with Gasteiger partial charge < -0.3 is 5.32 Å². The molecule has 0 saturated heterocycles. The summed E-state index contributed by atoms with van der Waals surface area (Å²) in [4.78, 5) is 14.3. The third-order valence-electron chi connectivity index (χ3n) is 3.86. The maximum atomic E-state index is 13.3. The molecule has 0 aromatic heterocycles. The van der Waals surface area contributed by atoms with Crippen LogP contribution in [0, 0.1) is 5.82 Å². The summed E-state index contributed by atoms with van der Waals surface area (Å²) in [7, 11) is 0. The highest BCUT2D eigenvalue weighted by Crippen LogP contribution is 2.22. The molecular weight excluding hydrogens is 327 g/mol. The summed E-state index contributed by atoms with van der Waals surface area (Å²) in [6.07, 6.45) is 0.